The smallest absolute Gasteiger partial charge is 0.336 e. The molecule has 0 aliphatic rings. The van der Waals surface area contributed by atoms with Crippen molar-refractivity contribution in [2.45, 2.75) is 27.7 Å². The number of carbonyl (C=O) groups is 1. The zero-order valence-corrected chi connectivity index (χ0v) is 12.3. The number of nitrogens with one attached hydrogen (secondary N) is 1. The van der Waals surface area contributed by atoms with Crippen LogP contribution >= 0.6 is 0 Å². The van der Waals surface area contributed by atoms with Crippen LogP contribution in [0, 0.1) is 12.3 Å². The van der Waals surface area contributed by atoms with E-state index in [0.717, 1.165) is 0 Å². The zero-order chi connectivity index (χ0) is 14.8. The van der Waals surface area contributed by atoms with Crippen molar-refractivity contribution >= 4 is 21.7 Å². The van der Waals surface area contributed by atoms with Gasteiger partial charge in [-0.3, -0.25) is 4.72 Å². The van der Waals surface area contributed by atoms with Crippen LogP contribution in [0.25, 0.3) is 0 Å². The van der Waals surface area contributed by atoms with Gasteiger partial charge in [0.25, 0.3) is 0 Å². The third-order valence-corrected chi connectivity index (χ3v) is 4.23. The Morgan fingerprint density at radius 1 is 1.32 bits per heavy atom. The van der Waals surface area contributed by atoms with Crippen LogP contribution < -0.4 is 4.72 Å². The predicted molar refractivity (Wildman–Crippen MR) is 75.0 cm³/mol. The molecule has 19 heavy (non-hydrogen) atoms. The number of sulfonamides is 1. The maximum Gasteiger partial charge on any atom is 0.336 e. The van der Waals surface area contributed by atoms with E-state index in [9.17, 15) is 13.2 Å². The molecule has 0 spiro atoms. The molecule has 0 aliphatic heterocycles. The van der Waals surface area contributed by atoms with Gasteiger partial charge in [0.1, 0.15) is 0 Å². The van der Waals surface area contributed by atoms with Gasteiger partial charge in [0, 0.05) is 0 Å². The van der Waals surface area contributed by atoms with Gasteiger partial charge in [-0.1, -0.05) is 26.8 Å². The normalized spacial score (nSPS) is 12.2. The number of hydrogen-bond acceptors (Lipinski definition) is 3. The van der Waals surface area contributed by atoms with Gasteiger partial charge in [0.15, 0.2) is 0 Å². The summed E-state index contributed by atoms with van der Waals surface area (Å²) in [7, 11) is -3.50. The van der Waals surface area contributed by atoms with Gasteiger partial charge < -0.3 is 5.11 Å². The fourth-order valence-electron chi connectivity index (χ4n) is 1.75. The molecule has 0 bridgehead atoms. The summed E-state index contributed by atoms with van der Waals surface area (Å²) in [6.07, 6.45) is 0. The quantitative estimate of drug-likeness (QED) is 0.890. The largest absolute Gasteiger partial charge is 0.478 e. The second-order valence-electron chi connectivity index (χ2n) is 5.71. The second kappa shape index (κ2) is 5.21. The summed E-state index contributed by atoms with van der Waals surface area (Å²) >= 11 is 0. The van der Waals surface area contributed by atoms with Crippen LogP contribution in [0.4, 0.5) is 5.69 Å². The Kier molecular flexibility index (Phi) is 4.25. The van der Waals surface area contributed by atoms with Gasteiger partial charge >= 0.3 is 5.97 Å². The molecular weight excluding hydrogens is 266 g/mol. The van der Waals surface area contributed by atoms with Crippen molar-refractivity contribution in [1.82, 2.24) is 0 Å². The van der Waals surface area contributed by atoms with Crippen LogP contribution in [0.5, 0.6) is 0 Å². The Hall–Kier alpha value is -1.56. The molecule has 0 amide bonds. The highest BCUT2D eigenvalue weighted by Crippen LogP contribution is 2.23. The van der Waals surface area contributed by atoms with E-state index in [1.807, 2.05) is 20.8 Å². The molecule has 1 aromatic rings. The third kappa shape index (κ3) is 4.55. The zero-order valence-electron chi connectivity index (χ0n) is 11.5. The molecule has 0 saturated carbocycles. The van der Waals surface area contributed by atoms with Crippen molar-refractivity contribution in [1.29, 1.82) is 0 Å². The second-order valence-corrected chi connectivity index (χ2v) is 7.43. The van der Waals surface area contributed by atoms with E-state index >= 15 is 0 Å². The molecule has 1 aromatic carbocycles. The summed E-state index contributed by atoms with van der Waals surface area (Å²) in [6.45, 7) is 7.06. The number of carboxylic acids is 1. The summed E-state index contributed by atoms with van der Waals surface area (Å²) in [5.74, 6) is -1.11. The van der Waals surface area contributed by atoms with Crippen LogP contribution in [0.1, 0.15) is 36.7 Å². The van der Waals surface area contributed by atoms with E-state index in [-0.39, 0.29) is 16.7 Å². The fraction of sp³-hybridized carbons (Fsp3) is 0.462. The lowest BCUT2D eigenvalue weighted by atomic mass is 10.0. The van der Waals surface area contributed by atoms with E-state index in [1.165, 1.54) is 12.1 Å². The molecule has 0 heterocycles. The highest BCUT2D eigenvalue weighted by Gasteiger charge is 2.22. The first-order chi connectivity index (χ1) is 8.52. The first-order valence-corrected chi connectivity index (χ1v) is 7.50. The van der Waals surface area contributed by atoms with Crippen molar-refractivity contribution in [3.05, 3.63) is 29.3 Å². The van der Waals surface area contributed by atoms with E-state index in [4.69, 9.17) is 5.11 Å². The fourth-order valence-corrected chi connectivity index (χ4v) is 3.52. The number of benzene rings is 1. The molecule has 6 heteroatoms. The number of aromatic carboxylic acids is 1. The van der Waals surface area contributed by atoms with Gasteiger partial charge in [-0.2, -0.15) is 0 Å². The number of rotatable bonds is 4. The average Bonchev–Trinajstić information content (AvgIpc) is 2.16. The first-order valence-electron chi connectivity index (χ1n) is 5.85. The van der Waals surface area contributed by atoms with Crippen LogP contribution in [-0.2, 0) is 10.0 Å². The summed E-state index contributed by atoms with van der Waals surface area (Å²) in [5, 5.41) is 9.00. The number of anilines is 1. The lowest BCUT2D eigenvalue weighted by Crippen LogP contribution is -2.26. The highest BCUT2D eigenvalue weighted by atomic mass is 32.2. The minimum atomic E-state index is -3.50. The lowest BCUT2D eigenvalue weighted by molar-refractivity contribution is 0.0696. The lowest BCUT2D eigenvalue weighted by Gasteiger charge is -2.19. The Balaban J connectivity index is 3.07. The molecule has 0 unspecified atom stereocenters. The van der Waals surface area contributed by atoms with Gasteiger partial charge in [-0.05, 0) is 30.0 Å². The van der Waals surface area contributed by atoms with E-state index in [2.05, 4.69) is 4.72 Å². The molecular formula is C13H19NO4S. The molecule has 1 rings (SSSR count). The summed E-state index contributed by atoms with van der Waals surface area (Å²) in [6, 6.07) is 4.52. The molecule has 0 aromatic heterocycles. The van der Waals surface area contributed by atoms with Crippen molar-refractivity contribution in [3.63, 3.8) is 0 Å². The SMILES string of the molecule is Cc1c(NS(=O)(=O)CC(C)(C)C)cccc1C(=O)O. The van der Waals surface area contributed by atoms with Crippen molar-refractivity contribution in [3.8, 4) is 0 Å². The maximum absolute atomic E-state index is 12.0. The molecule has 0 fully saturated rings. The maximum atomic E-state index is 12.0. The molecule has 106 valence electrons. The summed E-state index contributed by atoms with van der Waals surface area (Å²) in [4.78, 5) is 11.0. The average molecular weight is 285 g/mol. The van der Waals surface area contributed by atoms with Crippen molar-refractivity contribution < 1.29 is 18.3 Å². The van der Waals surface area contributed by atoms with Crippen LogP contribution in [0.15, 0.2) is 18.2 Å². The van der Waals surface area contributed by atoms with Gasteiger partial charge in [0.2, 0.25) is 10.0 Å². The van der Waals surface area contributed by atoms with E-state index in [1.54, 1.807) is 13.0 Å². The Bertz CT molecular complexity index is 585. The standard InChI is InChI=1S/C13H19NO4S/c1-9-10(12(15)16)6-5-7-11(9)14-19(17,18)8-13(2,3)4/h5-7,14H,8H2,1-4H3,(H,15,16). The van der Waals surface area contributed by atoms with Crippen molar-refractivity contribution in [2.75, 3.05) is 10.5 Å². The van der Waals surface area contributed by atoms with Gasteiger partial charge in [-0.15, -0.1) is 0 Å². The Morgan fingerprint density at radius 2 is 1.89 bits per heavy atom. The molecule has 0 aliphatic carbocycles. The number of hydrogen-bond donors (Lipinski definition) is 2. The summed E-state index contributed by atoms with van der Waals surface area (Å²) in [5.41, 5.74) is 0.442. The van der Waals surface area contributed by atoms with Gasteiger partial charge in [-0.25, -0.2) is 13.2 Å². The molecule has 5 nitrogen and oxygen atoms in total. The van der Waals surface area contributed by atoms with Crippen LogP contribution in [0.2, 0.25) is 0 Å². The first kappa shape index (κ1) is 15.5. The monoisotopic (exact) mass is 285 g/mol. The van der Waals surface area contributed by atoms with E-state index < -0.39 is 16.0 Å². The molecule has 0 atom stereocenters. The minimum absolute atomic E-state index is 0.0310. The van der Waals surface area contributed by atoms with Crippen molar-refractivity contribution in [2.24, 2.45) is 5.41 Å². The van der Waals surface area contributed by atoms with Crippen LogP contribution in [-0.4, -0.2) is 25.2 Å². The number of carboxylic acid groups (broad SMARTS) is 1. The van der Waals surface area contributed by atoms with E-state index in [0.29, 0.717) is 11.3 Å². The van der Waals surface area contributed by atoms with Gasteiger partial charge in [0.05, 0.1) is 17.0 Å². The molecule has 0 saturated heterocycles. The Labute approximate surface area is 113 Å². The highest BCUT2D eigenvalue weighted by molar-refractivity contribution is 7.92. The predicted octanol–water partition coefficient (Wildman–Crippen LogP) is 2.48. The third-order valence-electron chi connectivity index (χ3n) is 2.45. The molecule has 2 N–H and O–H groups in total. The Morgan fingerprint density at radius 3 is 2.37 bits per heavy atom. The molecule has 0 radical (unpaired) electrons. The minimum Gasteiger partial charge on any atom is -0.478 e. The van der Waals surface area contributed by atoms with Crippen LogP contribution in [0.3, 0.4) is 0 Å². The topological polar surface area (TPSA) is 83.5 Å². The summed E-state index contributed by atoms with van der Waals surface area (Å²) < 4.78 is 26.4.